The van der Waals surface area contributed by atoms with Crippen LogP contribution in [0.3, 0.4) is 0 Å². The van der Waals surface area contributed by atoms with Gasteiger partial charge in [0, 0.05) is 0 Å². The van der Waals surface area contributed by atoms with Gasteiger partial charge in [0.25, 0.3) is 0 Å². The van der Waals surface area contributed by atoms with Gasteiger partial charge in [0.15, 0.2) is 0 Å². The summed E-state index contributed by atoms with van der Waals surface area (Å²) in [5, 5.41) is 0. The minimum Gasteiger partial charge on any atom is -0.106 e. The first-order valence-electron chi connectivity index (χ1n) is 11.9. The van der Waals surface area contributed by atoms with Crippen LogP contribution in [-0.4, -0.2) is 0 Å². The molecule has 172 valence electrons. The molecule has 0 spiro atoms. The first kappa shape index (κ1) is 85.9. The highest BCUT2D eigenvalue weighted by molar-refractivity contribution is 4.22. The summed E-state index contributed by atoms with van der Waals surface area (Å²) in [6, 6.07) is 0. The van der Waals surface area contributed by atoms with Crippen molar-refractivity contribution in [2.45, 2.75) is 159 Å². The van der Waals surface area contributed by atoms with Crippen molar-refractivity contribution in [3.8, 4) is 0 Å². The Kier molecular flexibility index (Phi) is 77000. The van der Waals surface area contributed by atoms with Crippen molar-refractivity contribution in [2.24, 2.45) is 0 Å². The van der Waals surface area contributed by atoms with Crippen molar-refractivity contribution in [1.82, 2.24) is 0 Å². The van der Waals surface area contributed by atoms with Crippen LogP contribution < -0.4 is 0 Å². The normalized spacial score (nSPS) is 3.28. The van der Waals surface area contributed by atoms with Crippen LogP contribution in [0.25, 0.3) is 0 Å². The lowest BCUT2D eigenvalue weighted by molar-refractivity contribution is 1.09. The molecular formula is C25H72. The van der Waals surface area contributed by atoms with Crippen LogP contribution in [0, 0.1) is 0 Å². The minimum atomic E-state index is 1.25. The van der Waals surface area contributed by atoms with Gasteiger partial charge < -0.3 is 0 Å². The van der Waals surface area contributed by atoms with Gasteiger partial charge in [-0.1, -0.05) is 159 Å². The molecule has 0 radical (unpaired) electrons. The fourth-order valence-corrected chi connectivity index (χ4v) is 0. The van der Waals surface area contributed by atoms with E-state index < -0.39 is 0 Å². The van der Waals surface area contributed by atoms with Gasteiger partial charge in [-0.15, -0.1) is 13.2 Å². The smallest absolute Gasteiger partial charge is 0.0590 e. The van der Waals surface area contributed by atoms with Crippen molar-refractivity contribution in [1.29, 1.82) is 0 Å². The van der Waals surface area contributed by atoms with Crippen molar-refractivity contribution in [2.75, 3.05) is 0 Å². The average molecular weight is 373 g/mol. The molecule has 0 aliphatic rings. The van der Waals surface area contributed by atoms with Crippen LogP contribution in [0.2, 0.25) is 0 Å². The monoisotopic (exact) mass is 373 g/mol. The molecule has 25 heavy (non-hydrogen) atoms. The molecule has 0 aliphatic heterocycles. The molecule has 0 nitrogen and oxygen atoms in total. The van der Waals surface area contributed by atoms with E-state index in [1.807, 2.05) is 138 Å². The maximum absolute atomic E-state index is 3.00. The fraction of sp³-hybridized carbons (Fsp3) is 0.920. The van der Waals surface area contributed by atoms with E-state index in [0.717, 1.165) is 0 Å². The fourth-order valence-electron chi connectivity index (χ4n) is 0. The average Bonchev–Trinajstić information content (AvgIpc) is 2.83. The van der Waals surface area contributed by atoms with Gasteiger partial charge in [0.05, 0.1) is 0 Å². The molecule has 0 saturated carbocycles. The molecule has 0 heteroatoms. The maximum atomic E-state index is 3.00. The number of hydrogen-bond donors (Lipinski definition) is 0. The van der Waals surface area contributed by atoms with Crippen LogP contribution >= 0.6 is 0 Å². The van der Waals surface area contributed by atoms with E-state index in [2.05, 4.69) is 27.0 Å². The van der Waals surface area contributed by atoms with Crippen molar-refractivity contribution in [3.63, 3.8) is 0 Å². The highest BCUT2D eigenvalue weighted by Gasteiger charge is 1.35. The summed E-state index contributed by atoms with van der Waals surface area (Å²) in [7, 11) is 0. The molecule has 0 atom stereocenters. The lowest BCUT2D eigenvalue weighted by Crippen LogP contribution is -1.27. The largest absolute Gasteiger partial charge is 0.106 e. The molecule has 0 heterocycles. The summed E-state index contributed by atoms with van der Waals surface area (Å²) < 4.78 is 0. The molecule has 0 fully saturated rings. The molecule has 0 aromatic heterocycles. The van der Waals surface area contributed by atoms with Gasteiger partial charge in [-0.25, -0.2) is 0 Å². The standard InChI is InChI=1S/C3H8.10C2H6.C2H4/c1-3-2;11*1-2/h3H2,1-2H3;10*1-2H3;1-2H2. The lowest BCUT2D eigenvalue weighted by atomic mass is 10.6. The van der Waals surface area contributed by atoms with Gasteiger partial charge in [-0.3, -0.25) is 0 Å². The van der Waals surface area contributed by atoms with E-state index in [1.54, 1.807) is 0 Å². The maximum Gasteiger partial charge on any atom is -0.0590 e. The molecule has 0 N–H and O–H groups in total. The van der Waals surface area contributed by atoms with Gasteiger partial charge in [0.2, 0.25) is 0 Å². The SMILES string of the molecule is C=C.CC.CC.CC.CC.CC.CC.CC.CC.CC.CC.CCC. The van der Waals surface area contributed by atoms with Crippen molar-refractivity contribution >= 4 is 0 Å². The molecular weight excluding hydrogens is 300 g/mol. The highest BCUT2D eigenvalue weighted by atomic mass is 13.4. The molecule has 0 amide bonds. The molecule has 0 aromatic rings. The molecule has 0 unspecified atom stereocenters. The van der Waals surface area contributed by atoms with Crippen molar-refractivity contribution in [3.05, 3.63) is 13.2 Å². The van der Waals surface area contributed by atoms with Crippen LogP contribution in [0.15, 0.2) is 13.2 Å². The summed E-state index contributed by atoms with van der Waals surface area (Å²) >= 11 is 0. The zero-order valence-electron chi connectivity index (χ0n) is 24.1. The van der Waals surface area contributed by atoms with E-state index in [9.17, 15) is 0 Å². The quantitative estimate of drug-likeness (QED) is 0.371. The summed E-state index contributed by atoms with van der Waals surface area (Å²) in [6.45, 7) is 50.2. The topological polar surface area (TPSA) is 0 Å². The van der Waals surface area contributed by atoms with Crippen molar-refractivity contribution < 1.29 is 0 Å². The molecule has 0 bridgehead atoms. The van der Waals surface area contributed by atoms with Crippen LogP contribution in [-0.2, 0) is 0 Å². The Morgan fingerprint density at radius 2 is 0.280 bits per heavy atom. The predicted octanol–water partition coefficient (Wildman–Crippen LogP) is 12.5. The Morgan fingerprint density at radius 3 is 0.280 bits per heavy atom. The van der Waals surface area contributed by atoms with Gasteiger partial charge >= 0.3 is 0 Å². The lowest BCUT2D eigenvalue weighted by Gasteiger charge is -1.48. The van der Waals surface area contributed by atoms with Gasteiger partial charge in [-0.05, 0) is 0 Å². The first-order chi connectivity index (χ1) is 12.4. The third kappa shape index (κ3) is 166000. The Labute approximate surface area is 172 Å². The summed E-state index contributed by atoms with van der Waals surface area (Å²) in [5.74, 6) is 0. The van der Waals surface area contributed by atoms with Crippen LogP contribution in [0.4, 0.5) is 0 Å². The second-order valence-electron chi connectivity index (χ2n) is 0.707. The van der Waals surface area contributed by atoms with E-state index in [4.69, 9.17) is 0 Å². The Bertz CT molecular complexity index is 4.00. The van der Waals surface area contributed by atoms with Crippen LogP contribution in [0.1, 0.15) is 159 Å². The second-order valence-corrected chi connectivity index (χ2v) is 0.707. The Balaban J connectivity index is -0.00000000740. The summed E-state index contributed by atoms with van der Waals surface area (Å²) in [5.41, 5.74) is 0. The molecule has 0 saturated heterocycles. The van der Waals surface area contributed by atoms with Gasteiger partial charge in [-0.2, -0.15) is 0 Å². The second kappa shape index (κ2) is 22400. The van der Waals surface area contributed by atoms with Gasteiger partial charge in [0.1, 0.15) is 0 Å². The first-order valence-corrected chi connectivity index (χ1v) is 11.9. The van der Waals surface area contributed by atoms with E-state index in [-0.39, 0.29) is 0 Å². The zero-order chi connectivity index (χ0) is 24.7. The van der Waals surface area contributed by atoms with Crippen LogP contribution in [0.5, 0.6) is 0 Å². The molecule has 0 rings (SSSR count). The third-order valence-corrected chi connectivity index (χ3v) is 0. The van der Waals surface area contributed by atoms with E-state index in [0.29, 0.717) is 0 Å². The minimum absolute atomic E-state index is 1.25. The Hall–Kier alpha value is -0.260. The molecule has 0 aromatic carbocycles. The highest BCUT2D eigenvalue weighted by Crippen LogP contribution is 1.56. The predicted molar refractivity (Wildman–Crippen MR) is 141 cm³/mol. The molecule has 0 aliphatic carbocycles. The number of rotatable bonds is 0. The zero-order valence-corrected chi connectivity index (χ0v) is 24.1. The van der Waals surface area contributed by atoms with E-state index >= 15 is 0 Å². The summed E-state index contributed by atoms with van der Waals surface area (Å²) in [6.07, 6.45) is 1.25. The third-order valence-electron chi connectivity index (χ3n) is 0. The summed E-state index contributed by atoms with van der Waals surface area (Å²) in [4.78, 5) is 0. The van der Waals surface area contributed by atoms with E-state index in [1.165, 1.54) is 6.42 Å². The number of hydrogen-bond acceptors (Lipinski definition) is 0. The Morgan fingerprint density at radius 1 is 0.280 bits per heavy atom.